The number of carbonyl (C=O) groups excluding carboxylic acids is 3. The van der Waals surface area contributed by atoms with Gasteiger partial charge in [0.2, 0.25) is 0 Å². The Morgan fingerprint density at radius 3 is 2.55 bits per heavy atom. The molecule has 2 fully saturated rings. The second-order valence-corrected chi connectivity index (χ2v) is 8.60. The van der Waals surface area contributed by atoms with E-state index in [-0.39, 0.29) is 35.2 Å². The highest BCUT2D eigenvalue weighted by atomic mass is 16.6. The number of aliphatic hydroxyl groups excluding tert-OH is 2. The van der Waals surface area contributed by atoms with Gasteiger partial charge in [0.15, 0.2) is 0 Å². The minimum Gasteiger partial charge on any atom is -0.458 e. The van der Waals surface area contributed by atoms with Crippen LogP contribution in [0.5, 0.6) is 0 Å². The van der Waals surface area contributed by atoms with Gasteiger partial charge in [0, 0.05) is 23.5 Å². The fourth-order valence-corrected chi connectivity index (χ4v) is 4.81. The summed E-state index contributed by atoms with van der Waals surface area (Å²) in [6, 6.07) is 0. The van der Waals surface area contributed by atoms with Gasteiger partial charge in [-0.15, -0.1) is 0 Å². The summed E-state index contributed by atoms with van der Waals surface area (Å²) in [6.07, 6.45) is 4.51. The number of ether oxygens (including phenoxy) is 3. The Balaban J connectivity index is 1.79. The van der Waals surface area contributed by atoms with Crippen LogP contribution in [-0.4, -0.2) is 60.1 Å². The highest BCUT2D eigenvalue weighted by molar-refractivity contribution is 5.93. The zero-order valence-corrected chi connectivity index (χ0v) is 18.9. The van der Waals surface area contributed by atoms with Crippen LogP contribution >= 0.6 is 0 Å². The van der Waals surface area contributed by atoms with Crippen LogP contribution in [0.25, 0.3) is 0 Å². The molecule has 0 aromatic rings. The Morgan fingerprint density at radius 1 is 1.18 bits per heavy atom. The van der Waals surface area contributed by atoms with Crippen molar-refractivity contribution in [1.29, 1.82) is 0 Å². The normalized spacial score (nSPS) is 29.6. The third-order valence-electron chi connectivity index (χ3n) is 6.59. The van der Waals surface area contributed by atoms with Crippen LogP contribution in [0, 0.1) is 17.8 Å². The quantitative estimate of drug-likeness (QED) is 0.257. The smallest absolute Gasteiger partial charge is 0.337 e. The average molecular weight is 459 g/mol. The molecule has 0 bridgehead atoms. The lowest BCUT2D eigenvalue weighted by molar-refractivity contribution is -0.149. The van der Waals surface area contributed by atoms with E-state index < -0.39 is 49.2 Å². The standard InChI is InChI=1S/C25H30O8/c1-13-5-6-18-15(3)11-19(21-16(4)24(29)33-22(21)20(13)18)32-25(30)17(8-10-27)12-31-23(28)14(2)7-9-26/h5,7-8,18-22,26-27H,3-4,6,9-12H2,1-2H3. The van der Waals surface area contributed by atoms with Gasteiger partial charge in [-0.25, -0.2) is 14.4 Å². The van der Waals surface area contributed by atoms with Crippen molar-refractivity contribution >= 4 is 17.9 Å². The molecule has 1 saturated carbocycles. The van der Waals surface area contributed by atoms with Gasteiger partial charge in [-0.2, -0.15) is 0 Å². The Morgan fingerprint density at radius 2 is 1.88 bits per heavy atom. The van der Waals surface area contributed by atoms with Crippen LogP contribution in [0.4, 0.5) is 0 Å². The summed E-state index contributed by atoms with van der Waals surface area (Å²) < 4.78 is 16.6. The first-order valence-corrected chi connectivity index (χ1v) is 10.9. The first-order chi connectivity index (χ1) is 15.7. The zero-order chi connectivity index (χ0) is 24.3. The molecule has 0 aromatic heterocycles. The van der Waals surface area contributed by atoms with Gasteiger partial charge in [0.1, 0.15) is 18.8 Å². The van der Waals surface area contributed by atoms with E-state index >= 15 is 0 Å². The Kier molecular flexibility index (Phi) is 7.71. The lowest BCUT2D eigenvalue weighted by Crippen LogP contribution is -2.36. The minimum absolute atomic E-state index is 0.0379. The van der Waals surface area contributed by atoms with Gasteiger partial charge in [0.05, 0.1) is 24.7 Å². The first-order valence-electron chi connectivity index (χ1n) is 10.9. The molecule has 1 saturated heterocycles. The van der Waals surface area contributed by atoms with E-state index in [9.17, 15) is 19.5 Å². The third-order valence-corrected chi connectivity index (χ3v) is 6.59. The van der Waals surface area contributed by atoms with Crippen LogP contribution in [0.1, 0.15) is 26.7 Å². The van der Waals surface area contributed by atoms with Gasteiger partial charge in [-0.1, -0.05) is 30.4 Å². The van der Waals surface area contributed by atoms with Crippen LogP contribution < -0.4 is 0 Å². The molecule has 5 atom stereocenters. The molecule has 3 rings (SSSR count). The minimum atomic E-state index is -0.774. The second kappa shape index (κ2) is 10.3. The maximum Gasteiger partial charge on any atom is 0.337 e. The SMILES string of the molecule is C=C1CC(OC(=O)C(=CCO)COC(=O)C(C)=CCO)C2C(=C)C(=O)OC2C2C(C)=CCC12. The summed E-state index contributed by atoms with van der Waals surface area (Å²) in [4.78, 5) is 37.3. The molecule has 0 aromatic carbocycles. The number of hydrogen-bond acceptors (Lipinski definition) is 8. The molecule has 1 aliphatic heterocycles. The van der Waals surface area contributed by atoms with Crippen molar-refractivity contribution in [2.24, 2.45) is 17.8 Å². The third kappa shape index (κ3) is 5.02. The molecule has 2 aliphatic carbocycles. The molecule has 8 heteroatoms. The van der Waals surface area contributed by atoms with Crippen LogP contribution in [0.3, 0.4) is 0 Å². The van der Waals surface area contributed by atoms with Crippen molar-refractivity contribution in [3.63, 3.8) is 0 Å². The Labute approximate surface area is 192 Å². The van der Waals surface area contributed by atoms with Crippen molar-refractivity contribution in [2.45, 2.75) is 38.9 Å². The summed E-state index contributed by atoms with van der Waals surface area (Å²) in [5.74, 6) is -2.45. The van der Waals surface area contributed by atoms with Gasteiger partial charge >= 0.3 is 17.9 Å². The number of allylic oxidation sites excluding steroid dienone is 1. The zero-order valence-electron chi connectivity index (χ0n) is 18.9. The monoisotopic (exact) mass is 458 g/mol. The lowest BCUT2D eigenvalue weighted by atomic mass is 9.80. The molecule has 0 radical (unpaired) electrons. The largest absolute Gasteiger partial charge is 0.458 e. The van der Waals surface area contributed by atoms with E-state index in [1.165, 1.54) is 19.1 Å². The summed E-state index contributed by atoms with van der Waals surface area (Å²) in [6.45, 7) is 10.4. The van der Waals surface area contributed by atoms with E-state index in [0.29, 0.717) is 6.42 Å². The summed E-state index contributed by atoms with van der Waals surface area (Å²) >= 11 is 0. The van der Waals surface area contributed by atoms with Crippen molar-refractivity contribution < 1.29 is 38.8 Å². The van der Waals surface area contributed by atoms with Gasteiger partial charge < -0.3 is 24.4 Å². The molecular weight excluding hydrogens is 428 g/mol. The van der Waals surface area contributed by atoms with Crippen molar-refractivity contribution in [1.82, 2.24) is 0 Å². The molecule has 5 unspecified atom stereocenters. The molecule has 3 aliphatic rings. The number of rotatable bonds is 7. The van der Waals surface area contributed by atoms with Crippen molar-refractivity contribution in [2.75, 3.05) is 19.8 Å². The fraction of sp³-hybridized carbons (Fsp3) is 0.480. The number of hydrogen-bond donors (Lipinski definition) is 2. The predicted octanol–water partition coefficient (Wildman–Crippen LogP) is 1.94. The summed E-state index contributed by atoms with van der Waals surface area (Å²) in [5.41, 5.74) is 2.43. The van der Waals surface area contributed by atoms with E-state index in [1.54, 1.807) is 0 Å². The topological polar surface area (TPSA) is 119 Å². The van der Waals surface area contributed by atoms with Crippen LogP contribution in [-0.2, 0) is 28.6 Å². The molecule has 0 spiro atoms. The van der Waals surface area contributed by atoms with Crippen molar-refractivity contribution in [3.05, 3.63) is 59.3 Å². The second-order valence-electron chi connectivity index (χ2n) is 8.60. The Hall–Kier alpha value is -2.97. The maximum absolute atomic E-state index is 13.0. The highest BCUT2D eigenvalue weighted by Crippen LogP contribution is 2.51. The molecule has 1 heterocycles. The molecular formula is C25H30O8. The lowest BCUT2D eigenvalue weighted by Gasteiger charge is -2.28. The van der Waals surface area contributed by atoms with E-state index in [0.717, 1.165) is 17.6 Å². The number of carbonyl (C=O) groups is 3. The van der Waals surface area contributed by atoms with Crippen LogP contribution in [0.2, 0.25) is 0 Å². The average Bonchev–Trinajstić information content (AvgIpc) is 3.25. The molecule has 178 valence electrons. The number of esters is 3. The van der Waals surface area contributed by atoms with Gasteiger partial charge in [-0.05, 0) is 38.3 Å². The molecule has 0 amide bonds. The number of aliphatic hydroxyl groups is 2. The predicted molar refractivity (Wildman–Crippen MR) is 118 cm³/mol. The Bertz CT molecular complexity index is 953. The maximum atomic E-state index is 13.0. The van der Waals surface area contributed by atoms with Gasteiger partial charge in [0.25, 0.3) is 0 Å². The van der Waals surface area contributed by atoms with Crippen molar-refractivity contribution in [3.8, 4) is 0 Å². The molecule has 2 N–H and O–H groups in total. The van der Waals surface area contributed by atoms with Gasteiger partial charge in [-0.3, -0.25) is 0 Å². The van der Waals surface area contributed by atoms with E-state index in [2.05, 4.69) is 19.2 Å². The van der Waals surface area contributed by atoms with Crippen LogP contribution in [0.15, 0.2) is 59.3 Å². The molecule has 33 heavy (non-hydrogen) atoms. The number of fused-ring (bicyclic) bond motifs is 3. The molecule has 8 nitrogen and oxygen atoms in total. The fourth-order valence-electron chi connectivity index (χ4n) is 4.81. The van der Waals surface area contributed by atoms with E-state index in [4.69, 9.17) is 19.3 Å². The highest BCUT2D eigenvalue weighted by Gasteiger charge is 2.54. The summed E-state index contributed by atoms with van der Waals surface area (Å²) in [5, 5.41) is 18.2. The van der Waals surface area contributed by atoms with E-state index in [1.807, 2.05) is 6.92 Å². The summed E-state index contributed by atoms with van der Waals surface area (Å²) in [7, 11) is 0. The first kappa shape index (κ1) is 24.7.